The monoisotopic (exact) mass is 318 g/mol. The van der Waals surface area contributed by atoms with Crippen molar-refractivity contribution in [3.05, 3.63) is 65.1 Å². The third-order valence-corrected chi connectivity index (χ3v) is 4.77. The lowest BCUT2D eigenvalue weighted by molar-refractivity contribution is -0.121. The molecule has 0 aliphatic carbocycles. The molecule has 1 aromatic carbocycles. The van der Waals surface area contributed by atoms with Gasteiger partial charge in [-0.25, -0.2) is 4.39 Å². The second-order valence-electron chi connectivity index (χ2n) is 4.53. The molecular weight excluding hydrogens is 307 g/mol. The second kappa shape index (κ2) is 5.46. The molecule has 6 heteroatoms. The van der Waals surface area contributed by atoms with Crippen LogP contribution in [0.2, 0.25) is 0 Å². The van der Waals surface area contributed by atoms with Crippen molar-refractivity contribution in [2.24, 2.45) is 0 Å². The average Bonchev–Trinajstić information content (AvgIpc) is 2.76. The molecule has 0 aromatic heterocycles. The first kappa shape index (κ1) is 14.0. The standard InChI is InChI=1S/C15H11FN2OS2/c1-17-14(19)13(21-15(17)20)10-6-8-18(9-7-10)12-4-2-11(16)3-5-12/h2-9H,1H3. The molecule has 1 fully saturated rings. The summed E-state index contributed by atoms with van der Waals surface area (Å²) in [6.45, 7) is 0. The smallest absolute Gasteiger partial charge is 0.266 e. The number of likely N-dealkylation sites (N-methyl/N-ethyl adjacent to an activating group) is 1. The number of nitrogens with zero attached hydrogens (tertiary/aromatic N) is 2. The zero-order valence-corrected chi connectivity index (χ0v) is 12.7. The first-order valence-electron chi connectivity index (χ1n) is 6.21. The predicted molar refractivity (Wildman–Crippen MR) is 87.1 cm³/mol. The SMILES string of the molecule is CN1C(=O)C(=C2C=CN(c3ccc(F)cc3)C=C2)SC1=S. The van der Waals surface area contributed by atoms with Gasteiger partial charge in [-0.3, -0.25) is 9.69 Å². The Bertz CT molecular complexity index is 691. The summed E-state index contributed by atoms with van der Waals surface area (Å²) in [4.78, 5) is 16.0. The van der Waals surface area contributed by atoms with E-state index in [0.29, 0.717) is 9.23 Å². The lowest BCUT2D eigenvalue weighted by atomic mass is 10.1. The van der Waals surface area contributed by atoms with Crippen molar-refractivity contribution in [2.45, 2.75) is 0 Å². The van der Waals surface area contributed by atoms with Crippen LogP contribution in [-0.2, 0) is 4.79 Å². The van der Waals surface area contributed by atoms with E-state index in [1.807, 2.05) is 29.5 Å². The van der Waals surface area contributed by atoms with Crippen molar-refractivity contribution < 1.29 is 9.18 Å². The second-order valence-corrected chi connectivity index (χ2v) is 6.18. The largest absolute Gasteiger partial charge is 0.324 e. The Morgan fingerprint density at radius 2 is 1.76 bits per heavy atom. The number of hydrogen-bond donors (Lipinski definition) is 0. The molecule has 2 aliphatic heterocycles. The minimum Gasteiger partial charge on any atom is -0.324 e. The Hall–Kier alpha value is -1.92. The van der Waals surface area contributed by atoms with Gasteiger partial charge in [0.2, 0.25) is 0 Å². The predicted octanol–water partition coefficient (Wildman–Crippen LogP) is 3.42. The van der Waals surface area contributed by atoms with Gasteiger partial charge in [-0.15, -0.1) is 0 Å². The molecule has 2 heterocycles. The van der Waals surface area contributed by atoms with Gasteiger partial charge < -0.3 is 4.90 Å². The highest BCUT2D eigenvalue weighted by atomic mass is 32.2. The molecule has 0 saturated carbocycles. The van der Waals surface area contributed by atoms with Crippen molar-refractivity contribution in [1.29, 1.82) is 0 Å². The molecule has 0 N–H and O–H groups in total. The molecule has 0 radical (unpaired) electrons. The van der Waals surface area contributed by atoms with E-state index >= 15 is 0 Å². The van der Waals surface area contributed by atoms with Gasteiger partial charge in [-0.05, 0) is 42.0 Å². The van der Waals surface area contributed by atoms with E-state index in [1.165, 1.54) is 28.8 Å². The minimum absolute atomic E-state index is 0.0791. The zero-order valence-electron chi connectivity index (χ0n) is 11.1. The molecule has 21 heavy (non-hydrogen) atoms. The Labute approximate surface area is 131 Å². The van der Waals surface area contributed by atoms with Gasteiger partial charge in [0.05, 0.1) is 4.91 Å². The topological polar surface area (TPSA) is 23.6 Å². The van der Waals surface area contributed by atoms with Crippen LogP contribution in [0.5, 0.6) is 0 Å². The first-order chi connectivity index (χ1) is 10.1. The van der Waals surface area contributed by atoms with Crippen molar-refractivity contribution in [3.8, 4) is 0 Å². The number of halogens is 1. The van der Waals surface area contributed by atoms with Gasteiger partial charge in [0, 0.05) is 25.1 Å². The molecule has 0 unspecified atom stereocenters. The number of carbonyl (C=O) groups is 1. The van der Waals surface area contributed by atoms with Crippen LogP contribution in [-0.4, -0.2) is 22.2 Å². The summed E-state index contributed by atoms with van der Waals surface area (Å²) in [6, 6.07) is 6.21. The number of carbonyl (C=O) groups excluding carboxylic acids is 1. The van der Waals surface area contributed by atoms with Crippen LogP contribution in [0.1, 0.15) is 0 Å². The number of benzene rings is 1. The van der Waals surface area contributed by atoms with Crippen LogP contribution < -0.4 is 4.90 Å². The summed E-state index contributed by atoms with van der Waals surface area (Å²) < 4.78 is 13.5. The van der Waals surface area contributed by atoms with E-state index in [9.17, 15) is 9.18 Å². The molecule has 2 aliphatic rings. The maximum Gasteiger partial charge on any atom is 0.266 e. The fraction of sp³-hybridized carbons (Fsp3) is 0.0667. The summed E-state index contributed by atoms with van der Waals surface area (Å²) in [6.07, 6.45) is 7.38. The van der Waals surface area contributed by atoms with E-state index in [0.717, 1.165) is 11.3 Å². The van der Waals surface area contributed by atoms with Gasteiger partial charge >= 0.3 is 0 Å². The van der Waals surface area contributed by atoms with E-state index in [1.54, 1.807) is 19.2 Å². The van der Waals surface area contributed by atoms with E-state index in [2.05, 4.69) is 0 Å². The third kappa shape index (κ3) is 2.64. The number of hydrogen-bond acceptors (Lipinski definition) is 4. The molecule has 1 amide bonds. The van der Waals surface area contributed by atoms with E-state index in [4.69, 9.17) is 12.2 Å². The lowest BCUT2D eigenvalue weighted by Gasteiger charge is -2.19. The summed E-state index contributed by atoms with van der Waals surface area (Å²) in [5.41, 5.74) is 1.68. The molecule has 0 bridgehead atoms. The Balaban J connectivity index is 1.85. The van der Waals surface area contributed by atoms with Crippen LogP contribution in [0.4, 0.5) is 10.1 Å². The van der Waals surface area contributed by atoms with Crippen LogP contribution in [0.3, 0.4) is 0 Å². The van der Waals surface area contributed by atoms with Crippen LogP contribution >= 0.6 is 24.0 Å². The Morgan fingerprint density at radius 1 is 1.14 bits per heavy atom. The maximum atomic E-state index is 12.9. The maximum absolute atomic E-state index is 12.9. The van der Waals surface area contributed by atoms with Gasteiger partial charge in [-0.2, -0.15) is 0 Å². The number of thiocarbonyl (C=S) groups is 1. The number of allylic oxidation sites excluding steroid dienone is 3. The molecule has 106 valence electrons. The Kier molecular flexibility index (Phi) is 3.65. The average molecular weight is 318 g/mol. The summed E-state index contributed by atoms with van der Waals surface area (Å²) in [7, 11) is 1.67. The van der Waals surface area contributed by atoms with Crippen molar-refractivity contribution in [2.75, 3.05) is 11.9 Å². The molecule has 3 nitrogen and oxygen atoms in total. The summed E-state index contributed by atoms with van der Waals surface area (Å²) in [5, 5.41) is 0. The molecule has 1 aromatic rings. The summed E-state index contributed by atoms with van der Waals surface area (Å²) in [5.74, 6) is -0.347. The quantitative estimate of drug-likeness (QED) is 0.585. The highest BCUT2D eigenvalue weighted by Gasteiger charge is 2.30. The van der Waals surface area contributed by atoms with Gasteiger partial charge in [0.15, 0.2) is 0 Å². The van der Waals surface area contributed by atoms with E-state index < -0.39 is 0 Å². The van der Waals surface area contributed by atoms with Crippen LogP contribution in [0, 0.1) is 5.82 Å². The molecule has 0 spiro atoms. The van der Waals surface area contributed by atoms with Crippen LogP contribution in [0.25, 0.3) is 0 Å². The van der Waals surface area contributed by atoms with Gasteiger partial charge in [0.1, 0.15) is 10.1 Å². The highest BCUT2D eigenvalue weighted by molar-refractivity contribution is 8.26. The number of amides is 1. The normalized spacial score (nSPS) is 18.2. The van der Waals surface area contributed by atoms with Crippen LogP contribution in [0.15, 0.2) is 59.3 Å². The minimum atomic E-state index is -0.268. The fourth-order valence-corrected chi connectivity index (χ4v) is 3.19. The van der Waals surface area contributed by atoms with Crippen molar-refractivity contribution in [1.82, 2.24) is 4.90 Å². The molecule has 0 atom stereocenters. The number of rotatable bonds is 1. The van der Waals surface area contributed by atoms with Gasteiger partial charge in [-0.1, -0.05) is 24.0 Å². The number of anilines is 1. The zero-order chi connectivity index (χ0) is 15.0. The molecular formula is C15H11FN2OS2. The lowest BCUT2D eigenvalue weighted by Crippen LogP contribution is -2.22. The number of thioether (sulfide) groups is 1. The molecule has 1 saturated heterocycles. The first-order valence-corrected chi connectivity index (χ1v) is 7.43. The Morgan fingerprint density at radius 3 is 2.29 bits per heavy atom. The van der Waals surface area contributed by atoms with Crippen molar-refractivity contribution >= 4 is 39.9 Å². The van der Waals surface area contributed by atoms with Crippen molar-refractivity contribution in [3.63, 3.8) is 0 Å². The summed E-state index contributed by atoms with van der Waals surface area (Å²) >= 11 is 6.42. The fourth-order valence-electron chi connectivity index (χ4n) is 1.98. The highest BCUT2D eigenvalue weighted by Crippen LogP contribution is 2.34. The van der Waals surface area contributed by atoms with Gasteiger partial charge in [0.25, 0.3) is 5.91 Å². The van der Waals surface area contributed by atoms with E-state index in [-0.39, 0.29) is 11.7 Å². The third-order valence-electron chi connectivity index (χ3n) is 3.18. The molecule has 3 rings (SSSR count).